The number of nitrogens with one attached hydrogen (secondary N) is 1. The van der Waals surface area contributed by atoms with Crippen molar-refractivity contribution in [2.45, 2.75) is 39.7 Å². The Kier molecular flexibility index (Phi) is 6.64. The monoisotopic (exact) mass is 265 g/mol. The molecule has 0 aromatic carbocycles. The first-order chi connectivity index (χ1) is 9.04. The van der Waals surface area contributed by atoms with Gasteiger partial charge in [0.2, 0.25) is 5.91 Å². The maximum Gasteiger partial charge on any atom is 0.220 e. The summed E-state index contributed by atoms with van der Waals surface area (Å²) in [7, 11) is 1.98. The smallest absolute Gasteiger partial charge is 0.220 e. The molecule has 1 aromatic rings. The first-order valence-corrected chi connectivity index (χ1v) is 7.11. The summed E-state index contributed by atoms with van der Waals surface area (Å²) in [6, 6.07) is 4.00. The van der Waals surface area contributed by atoms with Crippen LogP contribution in [0.15, 0.2) is 18.3 Å². The minimum Gasteiger partial charge on any atom is -0.353 e. The molecule has 3 N–H and O–H groups in total. The van der Waals surface area contributed by atoms with E-state index in [0.717, 1.165) is 18.5 Å². The molecule has 1 heterocycles. The van der Waals surface area contributed by atoms with Crippen LogP contribution in [0.5, 0.6) is 0 Å². The second kappa shape index (κ2) is 8.00. The van der Waals surface area contributed by atoms with E-state index < -0.39 is 0 Å². The van der Waals surface area contributed by atoms with Crippen LogP contribution in [0.25, 0.3) is 0 Å². The Balaban J connectivity index is 2.29. The van der Waals surface area contributed by atoms with Crippen LogP contribution in [-0.2, 0) is 18.4 Å². The van der Waals surface area contributed by atoms with Crippen LogP contribution in [0.3, 0.4) is 0 Å². The van der Waals surface area contributed by atoms with E-state index >= 15 is 0 Å². The van der Waals surface area contributed by atoms with Crippen molar-refractivity contribution in [2.24, 2.45) is 24.6 Å². The summed E-state index contributed by atoms with van der Waals surface area (Å²) in [6.07, 6.45) is 4.50. The molecular formula is C15H27N3O. The molecule has 0 fully saturated rings. The van der Waals surface area contributed by atoms with Gasteiger partial charge in [0.25, 0.3) is 0 Å². The molecule has 1 aromatic heterocycles. The molecular weight excluding hydrogens is 238 g/mol. The van der Waals surface area contributed by atoms with Crippen molar-refractivity contribution in [1.82, 2.24) is 9.88 Å². The summed E-state index contributed by atoms with van der Waals surface area (Å²) in [5.41, 5.74) is 6.73. The second-order valence-corrected chi connectivity index (χ2v) is 5.51. The zero-order valence-corrected chi connectivity index (χ0v) is 12.4. The highest BCUT2D eigenvalue weighted by Gasteiger charge is 2.14. The van der Waals surface area contributed by atoms with Gasteiger partial charge in [-0.2, -0.15) is 0 Å². The SMILES string of the molecule is CC(C)C(CCN)CCC(=O)NCc1cccn1C. The molecule has 1 rings (SSSR count). The van der Waals surface area contributed by atoms with Crippen LogP contribution < -0.4 is 11.1 Å². The molecule has 0 saturated carbocycles. The van der Waals surface area contributed by atoms with Gasteiger partial charge in [-0.05, 0) is 43.4 Å². The van der Waals surface area contributed by atoms with Crippen molar-refractivity contribution < 1.29 is 4.79 Å². The van der Waals surface area contributed by atoms with E-state index in [2.05, 4.69) is 19.2 Å². The van der Waals surface area contributed by atoms with Crippen molar-refractivity contribution in [1.29, 1.82) is 0 Å². The van der Waals surface area contributed by atoms with Gasteiger partial charge in [0.15, 0.2) is 0 Å². The number of carbonyl (C=O) groups excluding carboxylic acids is 1. The maximum atomic E-state index is 11.8. The van der Waals surface area contributed by atoms with Crippen LogP contribution in [0.4, 0.5) is 0 Å². The van der Waals surface area contributed by atoms with E-state index in [1.807, 2.05) is 29.9 Å². The van der Waals surface area contributed by atoms with Gasteiger partial charge in [0.05, 0.1) is 6.54 Å². The largest absolute Gasteiger partial charge is 0.353 e. The van der Waals surface area contributed by atoms with Gasteiger partial charge in [0, 0.05) is 25.4 Å². The highest BCUT2D eigenvalue weighted by atomic mass is 16.1. The van der Waals surface area contributed by atoms with Gasteiger partial charge < -0.3 is 15.6 Å². The number of hydrogen-bond donors (Lipinski definition) is 2. The average Bonchev–Trinajstić information content (AvgIpc) is 2.77. The third-order valence-corrected chi connectivity index (χ3v) is 3.74. The van der Waals surface area contributed by atoms with Crippen molar-refractivity contribution in [2.75, 3.05) is 6.54 Å². The molecule has 4 nitrogen and oxygen atoms in total. The standard InChI is InChI=1S/C15H27N3O/c1-12(2)13(8-9-16)6-7-15(19)17-11-14-5-4-10-18(14)3/h4-5,10,12-13H,6-9,11,16H2,1-3H3,(H,17,19). The molecule has 0 spiro atoms. The number of amides is 1. The highest BCUT2D eigenvalue weighted by molar-refractivity contribution is 5.75. The predicted molar refractivity (Wildman–Crippen MR) is 78.5 cm³/mol. The van der Waals surface area contributed by atoms with Crippen LogP contribution in [0.1, 0.15) is 38.8 Å². The number of rotatable bonds is 8. The predicted octanol–water partition coefficient (Wildman–Crippen LogP) is 2.04. The van der Waals surface area contributed by atoms with Crippen molar-refractivity contribution in [3.05, 3.63) is 24.0 Å². The summed E-state index contributed by atoms with van der Waals surface area (Å²) >= 11 is 0. The second-order valence-electron chi connectivity index (χ2n) is 5.51. The summed E-state index contributed by atoms with van der Waals surface area (Å²) in [5.74, 6) is 1.26. The fourth-order valence-electron chi connectivity index (χ4n) is 2.30. The number of aromatic nitrogens is 1. The number of aryl methyl sites for hydroxylation is 1. The Morgan fingerprint density at radius 2 is 2.16 bits per heavy atom. The van der Waals surface area contributed by atoms with E-state index in [-0.39, 0.29) is 5.91 Å². The van der Waals surface area contributed by atoms with Crippen LogP contribution >= 0.6 is 0 Å². The molecule has 0 aliphatic rings. The van der Waals surface area contributed by atoms with Crippen molar-refractivity contribution in [3.8, 4) is 0 Å². The first-order valence-electron chi connectivity index (χ1n) is 7.11. The summed E-state index contributed by atoms with van der Waals surface area (Å²) in [4.78, 5) is 11.8. The number of nitrogens with two attached hydrogens (primary N) is 1. The zero-order chi connectivity index (χ0) is 14.3. The van der Waals surface area contributed by atoms with Crippen molar-refractivity contribution in [3.63, 3.8) is 0 Å². The molecule has 0 aliphatic heterocycles. The molecule has 19 heavy (non-hydrogen) atoms. The molecule has 0 bridgehead atoms. The Morgan fingerprint density at radius 1 is 1.42 bits per heavy atom. The Hall–Kier alpha value is -1.29. The molecule has 1 unspecified atom stereocenters. The normalized spacial score (nSPS) is 12.7. The molecule has 0 aliphatic carbocycles. The lowest BCUT2D eigenvalue weighted by Gasteiger charge is -2.19. The maximum absolute atomic E-state index is 11.8. The number of nitrogens with zero attached hydrogens (tertiary/aromatic N) is 1. The summed E-state index contributed by atoms with van der Waals surface area (Å²) in [5, 5.41) is 2.97. The van der Waals surface area contributed by atoms with Crippen LogP contribution in [0, 0.1) is 11.8 Å². The van der Waals surface area contributed by atoms with E-state index in [1.165, 1.54) is 0 Å². The van der Waals surface area contributed by atoms with Gasteiger partial charge in [-0.15, -0.1) is 0 Å². The summed E-state index contributed by atoms with van der Waals surface area (Å²) < 4.78 is 2.02. The molecule has 1 amide bonds. The highest BCUT2D eigenvalue weighted by Crippen LogP contribution is 2.20. The lowest BCUT2D eigenvalue weighted by Crippen LogP contribution is -2.25. The van der Waals surface area contributed by atoms with E-state index in [0.29, 0.717) is 31.3 Å². The van der Waals surface area contributed by atoms with E-state index in [1.54, 1.807) is 0 Å². The minimum atomic E-state index is 0.129. The topological polar surface area (TPSA) is 60.1 Å². The Bertz CT molecular complexity index is 384. The fraction of sp³-hybridized carbons (Fsp3) is 0.667. The van der Waals surface area contributed by atoms with E-state index in [9.17, 15) is 4.79 Å². The van der Waals surface area contributed by atoms with Gasteiger partial charge in [-0.1, -0.05) is 13.8 Å². The number of carbonyl (C=O) groups is 1. The third-order valence-electron chi connectivity index (χ3n) is 3.74. The van der Waals surface area contributed by atoms with Gasteiger partial charge in [-0.25, -0.2) is 0 Å². The van der Waals surface area contributed by atoms with Gasteiger partial charge >= 0.3 is 0 Å². The first kappa shape index (κ1) is 15.8. The molecule has 108 valence electrons. The third kappa shape index (κ3) is 5.47. The molecule has 1 atom stereocenters. The Labute approximate surface area is 116 Å². The quantitative estimate of drug-likeness (QED) is 0.755. The zero-order valence-electron chi connectivity index (χ0n) is 12.4. The van der Waals surface area contributed by atoms with Crippen molar-refractivity contribution >= 4 is 5.91 Å². The van der Waals surface area contributed by atoms with Crippen LogP contribution in [0.2, 0.25) is 0 Å². The molecule has 0 saturated heterocycles. The van der Waals surface area contributed by atoms with Gasteiger partial charge in [-0.3, -0.25) is 4.79 Å². The molecule has 4 heteroatoms. The fourth-order valence-corrected chi connectivity index (χ4v) is 2.30. The van der Waals surface area contributed by atoms with Gasteiger partial charge in [0.1, 0.15) is 0 Å². The van der Waals surface area contributed by atoms with Crippen LogP contribution in [-0.4, -0.2) is 17.0 Å². The lowest BCUT2D eigenvalue weighted by atomic mass is 9.88. The Morgan fingerprint density at radius 3 is 2.68 bits per heavy atom. The minimum absolute atomic E-state index is 0.129. The lowest BCUT2D eigenvalue weighted by molar-refractivity contribution is -0.121. The number of hydrogen-bond acceptors (Lipinski definition) is 2. The van der Waals surface area contributed by atoms with E-state index in [4.69, 9.17) is 5.73 Å². The molecule has 0 radical (unpaired) electrons. The summed E-state index contributed by atoms with van der Waals surface area (Å²) in [6.45, 7) is 5.70. The average molecular weight is 265 g/mol.